The topological polar surface area (TPSA) is 84.4 Å². The minimum Gasteiger partial charge on any atom is -0.530 e. The van der Waals surface area contributed by atoms with Crippen LogP contribution in [-0.4, -0.2) is 30.8 Å². The highest BCUT2D eigenvalue weighted by Gasteiger charge is 2.40. The summed E-state index contributed by atoms with van der Waals surface area (Å²) < 4.78 is 0. The van der Waals surface area contributed by atoms with Gasteiger partial charge < -0.3 is 25.6 Å². The standard InChI is InChI=1S/C12H15NO.C3H7NO2/c1-7-9-3-2-8(14)4-10(9)12-6-13-5-11(7)12;1-2-4-3(5)6/h2-4,7,11-14H,5-6H2,1H3;4H,2H2,1H3,(H,5,6)/p-1. The predicted molar refractivity (Wildman–Crippen MR) is 74.7 cm³/mol. The molecule has 1 aromatic carbocycles. The first-order valence-corrected chi connectivity index (χ1v) is 7.03. The molecule has 1 fully saturated rings. The average molecular weight is 277 g/mol. The zero-order chi connectivity index (χ0) is 14.7. The van der Waals surface area contributed by atoms with Crippen molar-refractivity contribution in [2.45, 2.75) is 25.7 Å². The number of benzene rings is 1. The Hall–Kier alpha value is -1.75. The maximum Gasteiger partial charge on any atom is 0.134 e. The zero-order valence-electron chi connectivity index (χ0n) is 11.8. The SMILES string of the molecule is CC1c2ccc(O)cc2C2CNCC12.CCNC(=O)[O-]. The van der Waals surface area contributed by atoms with Crippen molar-refractivity contribution >= 4 is 6.09 Å². The van der Waals surface area contributed by atoms with Crippen molar-refractivity contribution in [3.63, 3.8) is 0 Å². The molecule has 0 saturated carbocycles. The van der Waals surface area contributed by atoms with Gasteiger partial charge in [-0.2, -0.15) is 0 Å². The highest BCUT2D eigenvalue weighted by molar-refractivity contribution is 5.61. The molecule has 1 amide bonds. The van der Waals surface area contributed by atoms with E-state index in [0.717, 1.165) is 19.0 Å². The lowest BCUT2D eigenvalue weighted by atomic mass is 9.91. The summed E-state index contributed by atoms with van der Waals surface area (Å²) in [7, 11) is 0. The Morgan fingerprint density at radius 2 is 2.20 bits per heavy atom. The number of nitrogens with one attached hydrogen (secondary N) is 2. The molecule has 1 saturated heterocycles. The largest absolute Gasteiger partial charge is 0.530 e. The Kier molecular flexibility index (Phi) is 4.49. The fraction of sp³-hybridized carbons (Fsp3) is 0.533. The number of hydrogen-bond acceptors (Lipinski definition) is 4. The first-order valence-electron chi connectivity index (χ1n) is 7.03. The van der Waals surface area contributed by atoms with E-state index in [-0.39, 0.29) is 0 Å². The number of fused-ring (bicyclic) bond motifs is 3. The fourth-order valence-electron chi connectivity index (χ4n) is 3.24. The number of amides is 1. The summed E-state index contributed by atoms with van der Waals surface area (Å²) in [5, 5.41) is 24.3. The minimum absolute atomic E-state index is 0.406. The summed E-state index contributed by atoms with van der Waals surface area (Å²) in [6, 6.07) is 5.85. The lowest BCUT2D eigenvalue weighted by Gasteiger charge is -2.12. The van der Waals surface area contributed by atoms with Crippen LogP contribution >= 0.6 is 0 Å². The van der Waals surface area contributed by atoms with Crippen LogP contribution in [0.25, 0.3) is 0 Å². The van der Waals surface area contributed by atoms with Crippen molar-refractivity contribution in [3.05, 3.63) is 29.3 Å². The third-order valence-corrected chi connectivity index (χ3v) is 4.18. The van der Waals surface area contributed by atoms with Crippen molar-refractivity contribution in [3.8, 4) is 5.75 Å². The Bertz CT molecular complexity index is 490. The summed E-state index contributed by atoms with van der Waals surface area (Å²) in [6.07, 6.45) is -1.21. The first kappa shape index (κ1) is 14.7. The van der Waals surface area contributed by atoms with Crippen LogP contribution in [0.1, 0.15) is 36.8 Å². The van der Waals surface area contributed by atoms with Gasteiger partial charge in [-0.05, 0) is 48.6 Å². The second kappa shape index (κ2) is 6.13. The van der Waals surface area contributed by atoms with Gasteiger partial charge in [0.25, 0.3) is 0 Å². The molecule has 1 aliphatic heterocycles. The molecule has 3 N–H and O–H groups in total. The van der Waals surface area contributed by atoms with Crippen molar-refractivity contribution in [2.24, 2.45) is 5.92 Å². The summed E-state index contributed by atoms with van der Waals surface area (Å²) >= 11 is 0. The Morgan fingerprint density at radius 3 is 2.80 bits per heavy atom. The van der Waals surface area contributed by atoms with Gasteiger partial charge in [0.2, 0.25) is 0 Å². The molecule has 0 spiro atoms. The van der Waals surface area contributed by atoms with Gasteiger partial charge in [0, 0.05) is 19.0 Å². The van der Waals surface area contributed by atoms with E-state index in [0.29, 0.717) is 24.1 Å². The highest BCUT2D eigenvalue weighted by Crippen LogP contribution is 2.48. The number of carboxylic acid groups (broad SMARTS) is 1. The summed E-state index contributed by atoms with van der Waals surface area (Å²) in [6.45, 7) is 6.61. The third kappa shape index (κ3) is 2.88. The number of phenolic OH excluding ortho intramolecular Hbond substituents is 1. The molecule has 3 unspecified atom stereocenters. The lowest BCUT2D eigenvalue weighted by Crippen LogP contribution is -2.35. The molecule has 5 heteroatoms. The van der Waals surface area contributed by atoms with E-state index in [4.69, 9.17) is 0 Å². The fourth-order valence-corrected chi connectivity index (χ4v) is 3.24. The second-order valence-corrected chi connectivity index (χ2v) is 5.35. The molecule has 2 aliphatic rings. The van der Waals surface area contributed by atoms with Gasteiger partial charge in [0.15, 0.2) is 0 Å². The van der Waals surface area contributed by atoms with E-state index in [2.05, 4.69) is 18.3 Å². The monoisotopic (exact) mass is 277 g/mol. The van der Waals surface area contributed by atoms with Crippen LogP contribution in [0.2, 0.25) is 0 Å². The molecule has 5 nitrogen and oxygen atoms in total. The van der Waals surface area contributed by atoms with E-state index in [1.54, 1.807) is 6.92 Å². The van der Waals surface area contributed by atoms with Gasteiger partial charge in [-0.3, -0.25) is 0 Å². The number of aromatic hydroxyl groups is 1. The number of carbonyl (C=O) groups is 1. The second-order valence-electron chi connectivity index (χ2n) is 5.35. The normalized spacial score (nSPS) is 26.2. The minimum atomic E-state index is -1.21. The maximum absolute atomic E-state index is 9.48. The molecule has 0 bridgehead atoms. The third-order valence-electron chi connectivity index (χ3n) is 4.18. The van der Waals surface area contributed by atoms with Crippen LogP contribution in [0.15, 0.2) is 18.2 Å². The van der Waals surface area contributed by atoms with Crippen LogP contribution in [0.5, 0.6) is 5.75 Å². The van der Waals surface area contributed by atoms with Gasteiger partial charge >= 0.3 is 0 Å². The molecule has 110 valence electrons. The Labute approximate surface area is 119 Å². The van der Waals surface area contributed by atoms with E-state index < -0.39 is 6.09 Å². The van der Waals surface area contributed by atoms with Crippen molar-refractivity contribution < 1.29 is 15.0 Å². The highest BCUT2D eigenvalue weighted by atomic mass is 16.4. The molecule has 0 aromatic heterocycles. The summed E-state index contributed by atoms with van der Waals surface area (Å²) in [5.41, 5.74) is 2.81. The number of phenols is 1. The molecule has 1 heterocycles. The van der Waals surface area contributed by atoms with Crippen molar-refractivity contribution in [1.82, 2.24) is 10.6 Å². The van der Waals surface area contributed by atoms with Crippen LogP contribution in [-0.2, 0) is 0 Å². The van der Waals surface area contributed by atoms with E-state index in [9.17, 15) is 15.0 Å². The number of hydrogen-bond donors (Lipinski definition) is 3. The lowest BCUT2D eigenvalue weighted by molar-refractivity contribution is -0.250. The number of rotatable bonds is 1. The molecular weight excluding hydrogens is 256 g/mol. The molecule has 0 radical (unpaired) electrons. The molecule has 20 heavy (non-hydrogen) atoms. The molecule has 3 rings (SSSR count). The van der Waals surface area contributed by atoms with Crippen molar-refractivity contribution in [1.29, 1.82) is 0 Å². The smallest absolute Gasteiger partial charge is 0.134 e. The summed E-state index contributed by atoms with van der Waals surface area (Å²) in [5.74, 6) is 2.42. The van der Waals surface area contributed by atoms with Crippen LogP contribution in [0.4, 0.5) is 4.79 Å². The first-order chi connectivity index (χ1) is 9.54. The number of carbonyl (C=O) groups excluding carboxylic acids is 1. The molecule has 1 aliphatic carbocycles. The molecule has 1 aromatic rings. The maximum atomic E-state index is 9.48. The Morgan fingerprint density at radius 1 is 1.45 bits per heavy atom. The molecular formula is C15H21N2O3-. The summed E-state index contributed by atoms with van der Waals surface area (Å²) in [4.78, 5) is 9.38. The van der Waals surface area contributed by atoms with E-state index in [1.807, 2.05) is 17.4 Å². The average Bonchev–Trinajstić information content (AvgIpc) is 2.95. The van der Waals surface area contributed by atoms with Gasteiger partial charge in [0.1, 0.15) is 11.8 Å². The Balaban J connectivity index is 0.000000212. The van der Waals surface area contributed by atoms with Crippen molar-refractivity contribution in [2.75, 3.05) is 19.6 Å². The van der Waals surface area contributed by atoms with Gasteiger partial charge in [-0.1, -0.05) is 13.0 Å². The van der Waals surface area contributed by atoms with Crippen LogP contribution in [0, 0.1) is 5.92 Å². The van der Waals surface area contributed by atoms with Crippen LogP contribution in [0.3, 0.4) is 0 Å². The van der Waals surface area contributed by atoms with E-state index in [1.165, 1.54) is 11.1 Å². The van der Waals surface area contributed by atoms with Gasteiger partial charge in [-0.15, -0.1) is 0 Å². The molecule has 3 atom stereocenters. The van der Waals surface area contributed by atoms with Gasteiger partial charge in [0.05, 0.1) is 0 Å². The predicted octanol–water partition coefficient (Wildman–Crippen LogP) is 0.751. The quantitative estimate of drug-likeness (QED) is 0.707. The zero-order valence-corrected chi connectivity index (χ0v) is 11.8. The van der Waals surface area contributed by atoms with Crippen LogP contribution < -0.4 is 15.7 Å². The van der Waals surface area contributed by atoms with E-state index >= 15 is 0 Å². The van der Waals surface area contributed by atoms with Gasteiger partial charge in [-0.25, -0.2) is 0 Å².